The number of aromatic nitrogens is 2. The van der Waals surface area contributed by atoms with Gasteiger partial charge in [-0.1, -0.05) is 32.0 Å². The van der Waals surface area contributed by atoms with Crippen molar-refractivity contribution in [3.8, 4) is 0 Å². The van der Waals surface area contributed by atoms with E-state index in [4.69, 9.17) is 0 Å². The van der Waals surface area contributed by atoms with Gasteiger partial charge in [0.15, 0.2) is 0 Å². The van der Waals surface area contributed by atoms with Crippen LogP contribution in [0.15, 0.2) is 42.9 Å². The van der Waals surface area contributed by atoms with Gasteiger partial charge in [0.2, 0.25) is 0 Å². The number of hydrogen-bond donors (Lipinski definition) is 1. The second kappa shape index (κ2) is 7.74. The molecule has 0 amide bonds. The molecule has 0 fully saturated rings. The minimum absolute atomic E-state index is 0.136. The summed E-state index contributed by atoms with van der Waals surface area (Å²) in [6, 6.07) is 8.61. The fraction of sp³-hybridized carbons (Fsp3) is 0.412. The van der Waals surface area contributed by atoms with E-state index in [0.717, 1.165) is 25.3 Å². The van der Waals surface area contributed by atoms with Crippen LogP contribution in [0.1, 0.15) is 38.1 Å². The monoisotopic (exact) mass is 284 g/mol. The van der Waals surface area contributed by atoms with Crippen LogP contribution in [0.2, 0.25) is 0 Å². The smallest absolute Gasteiger partial charge is 0.0806 e. The van der Waals surface area contributed by atoms with E-state index >= 15 is 0 Å². The van der Waals surface area contributed by atoms with Crippen molar-refractivity contribution < 1.29 is 0 Å². The van der Waals surface area contributed by atoms with E-state index in [0.29, 0.717) is 0 Å². The van der Waals surface area contributed by atoms with Crippen LogP contribution in [0.25, 0.3) is 0 Å². The molecule has 0 saturated carbocycles. The SMILES string of the molecule is CCN(CC)Cc1ccccc1NC(C)c1cnccn1. The highest BCUT2D eigenvalue weighted by Crippen LogP contribution is 2.22. The van der Waals surface area contributed by atoms with Gasteiger partial charge in [-0.25, -0.2) is 0 Å². The third-order valence-corrected chi connectivity index (χ3v) is 3.70. The fourth-order valence-electron chi connectivity index (χ4n) is 2.33. The third-order valence-electron chi connectivity index (χ3n) is 3.70. The topological polar surface area (TPSA) is 41.0 Å². The van der Waals surface area contributed by atoms with Gasteiger partial charge in [0, 0.05) is 24.6 Å². The molecule has 21 heavy (non-hydrogen) atoms. The highest BCUT2D eigenvalue weighted by molar-refractivity contribution is 5.52. The van der Waals surface area contributed by atoms with Crippen molar-refractivity contribution in [1.82, 2.24) is 14.9 Å². The molecule has 1 N–H and O–H groups in total. The number of benzene rings is 1. The van der Waals surface area contributed by atoms with Gasteiger partial charge in [-0.05, 0) is 31.6 Å². The zero-order chi connectivity index (χ0) is 15.1. The molecule has 1 atom stereocenters. The minimum atomic E-state index is 0.136. The first kappa shape index (κ1) is 15.4. The summed E-state index contributed by atoms with van der Waals surface area (Å²) >= 11 is 0. The lowest BCUT2D eigenvalue weighted by Gasteiger charge is -2.22. The van der Waals surface area contributed by atoms with Gasteiger partial charge in [-0.3, -0.25) is 14.9 Å². The Bertz CT molecular complexity index is 537. The van der Waals surface area contributed by atoms with E-state index in [2.05, 4.69) is 65.2 Å². The van der Waals surface area contributed by atoms with Crippen LogP contribution in [0.5, 0.6) is 0 Å². The maximum absolute atomic E-state index is 4.36. The van der Waals surface area contributed by atoms with Gasteiger partial charge in [-0.15, -0.1) is 0 Å². The molecule has 2 aromatic rings. The van der Waals surface area contributed by atoms with Gasteiger partial charge in [0.1, 0.15) is 0 Å². The molecule has 2 rings (SSSR count). The Hall–Kier alpha value is -1.94. The molecule has 1 heterocycles. The summed E-state index contributed by atoms with van der Waals surface area (Å²) in [4.78, 5) is 10.9. The third kappa shape index (κ3) is 4.26. The van der Waals surface area contributed by atoms with Crippen molar-refractivity contribution in [2.75, 3.05) is 18.4 Å². The Balaban J connectivity index is 2.13. The first-order valence-corrected chi connectivity index (χ1v) is 7.57. The molecule has 1 unspecified atom stereocenters. The quantitative estimate of drug-likeness (QED) is 0.845. The van der Waals surface area contributed by atoms with Crippen molar-refractivity contribution in [1.29, 1.82) is 0 Å². The van der Waals surface area contributed by atoms with E-state index in [1.807, 2.05) is 6.20 Å². The lowest BCUT2D eigenvalue weighted by molar-refractivity contribution is 0.296. The first-order chi connectivity index (χ1) is 10.2. The average molecular weight is 284 g/mol. The summed E-state index contributed by atoms with van der Waals surface area (Å²) in [7, 11) is 0. The normalized spacial score (nSPS) is 12.4. The molecule has 0 radical (unpaired) electrons. The van der Waals surface area contributed by atoms with Gasteiger partial charge in [0.25, 0.3) is 0 Å². The second-order valence-electron chi connectivity index (χ2n) is 5.11. The molecule has 0 spiro atoms. The van der Waals surface area contributed by atoms with E-state index in [-0.39, 0.29) is 6.04 Å². The largest absolute Gasteiger partial charge is 0.377 e. The lowest BCUT2D eigenvalue weighted by atomic mass is 10.1. The summed E-state index contributed by atoms with van der Waals surface area (Å²) in [6.07, 6.45) is 5.24. The zero-order valence-electron chi connectivity index (χ0n) is 13.1. The van der Waals surface area contributed by atoms with Crippen LogP contribution >= 0.6 is 0 Å². The minimum Gasteiger partial charge on any atom is -0.377 e. The predicted octanol–water partition coefficient (Wildman–Crippen LogP) is 3.49. The van der Waals surface area contributed by atoms with Crippen molar-refractivity contribution in [3.63, 3.8) is 0 Å². The number of nitrogens with zero attached hydrogens (tertiary/aromatic N) is 3. The molecule has 0 aliphatic rings. The van der Waals surface area contributed by atoms with Crippen molar-refractivity contribution >= 4 is 5.69 Å². The van der Waals surface area contributed by atoms with Crippen LogP contribution in [0.4, 0.5) is 5.69 Å². The molecule has 1 aromatic heterocycles. The van der Waals surface area contributed by atoms with Crippen LogP contribution in [-0.2, 0) is 6.54 Å². The molecule has 0 aliphatic carbocycles. The van der Waals surface area contributed by atoms with Crippen LogP contribution in [0.3, 0.4) is 0 Å². The van der Waals surface area contributed by atoms with E-state index < -0.39 is 0 Å². The average Bonchev–Trinajstić information content (AvgIpc) is 2.54. The molecule has 0 bridgehead atoms. The Kier molecular flexibility index (Phi) is 5.69. The Morgan fingerprint density at radius 2 is 1.90 bits per heavy atom. The van der Waals surface area contributed by atoms with Crippen molar-refractivity contribution in [3.05, 3.63) is 54.1 Å². The number of para-hydroxylation sites is 1. The highest BCUT2D eigenvalue weighted by atomic mass is 15.1. The van der Waals surface area contributed by atoms with Gasteiger partial charge in [-0.2, -0.15) is 0 Å². The Morgan fingerprint density at radius 1 is 1.14 bits per heavy atom. The van der Waals surface area contributed by atoms with Crippen LogP contribution < -0.4 is 5.32 Å². The maximum atomic E-state index is 4.36. The van der Waals surface area contributed by atoms with Crippen molar-refractivity contribution in [2.24, 2.45) is 0 Å². The van der Waals surface area contributed by atoms with Crippen LogP contribution in [0, 0.1) is 0 Å². The van der Waals surface area contributed by atoms with Gasteiger partial charge in [0.05, 0.1) is 17.9 Å². The molecule has 1 aromatic carbocycles. The summed E-state index contributed by atoms with van der Waals surface area (Å²) in [5.41, 5.74) is 3.44. The lowest BCUT2D eigenvalue weighted by Crippen LogP contribution is -2.23. The van der Waals surface area contributed by atoms with Gasteiger partial charge >= 0.3 is 0 Å². The molecular formula is C17H24N4. The standard InChI is InChI=1S/C17H24N4/c1-4-21(5-2)13-15-8-6-7-9-16(15)20-14(3)17-12-18-10-11-19-17/h6-12,14,20H,4-5,13H2,1-3H3. The van der Waals surface area contributed by atoms with Crippen LogP contribution in [-0.4, -0.2) is 28.0 Å². The molecular weight excluding hydrogens is 260 g/mol. The summed E-state index contributed by atoms with van der Waals surface area (Å²) in [6.45, 7) is 9.58. The zero-order valence-corrected chi connectivity index (χ0v) is 13.1. The van der Waals surface area contributed by atoms with Crippen molar-refractivity contribution in [2.45, 2.75) is 33.4 Å². The Labute approximate surface area is 127 Å². The van der Waals surface area contributed by atoms with Gasteiger partial charge < -0.3 is 5.32 Å². The number of anilines is 1. The molecule has 112 valence electrons. The predicted molar refractivity (Wildman–Crippen MR) is 87.1 cm³/mol. The molecule has 4 heteroatoms. The first-order valence-electron chi connectivity index (χ1n) is 7.57. The fourth-order valence-corrected chi connectivity index (χ4v) is 2.33. The summed E-state index contributed by atoms with van der Waals surface area (Å²) in [5.74, 6) is 0. The summed E-state index contributed by atoms with van der Waals surface area (Å²) < 4.78 is 0. The maximum Gasteiger partial charge on any atom is 0.0806 e. The molecule has 4 nitrogen and oxygen atoms in total. The Morgan fingerprint density at radius 3 is 2.57 bits per heavy atom. The molecule has 0 saturated heterocycles. The summed E-state index contributed by atoms with van der Waals surface area (Å²) in [5, 5.41) is 3.55. The highest BCUT2D eigenvalue weighted by Gasteiger charge is 2.10. The number of nitrogens with one attached hydrogen (secondary N) is 1. The van der Waals surface area contributed by atoms with E-state index in [9.17, 15) is 0 Å². The second-order valence-corrected chi connectivity index (χ2v) is 5.11. The van der Waals surface area contributed by atoms with E-state index in [1.165, 1.54) is 11.3 Å². The number of hydrogen-bond acceptors (Lipinski definition) is 4. The molecule has 0 aliphatic heterocycles. The number of rotatable bonds is 7. The van der Waals surface area contributed by atoms with E-state index in [1.54, 1.807) is 12.4 Å².